The van der Waals surface area contributed by atoms with E-state index in [9.17, 15) is 14.0 Å². The van der Waals surface area contributed by atoms with Crippen LogP contribution >= 0.6 is 11.8 Å². The summed E-state index contributed by atoms with van der Waals surface area (Å²) in [5, 5.41) is 2.96. The van der Waals surface area contributed by atoms with Gasteiger partial charge in [-0.25, -0.2) is 9.07 Å². The van der Waals surface area contributed by atoms with E-state index in [4.69, 9.17) is 0 Å². The van der Waals surface area contributed by atoms with Crippen molar-refractivity contribution in [2.45, 2.75) is 17.6 Å². The maximum atomic E-state index is 13.1. The van der Waals surface area contributed by atoms with Crippen LogP contribution in [0.5, 0.6) is 0 Å². The summed E-state index contributed by atoms with van der Waals surface area (Å²) in [5.74, 6) is 0.173. The number of hydrogen-bond acceptors (Lipinski definition) is 3. The highest BCUT2D eigenvalue weighted by atomic mass is 32.2. The minimum atomic E-state index is -0.462. The molecule has 2 aromatic heterocycles. The highest BCUT2D eigenvalue weighted by Crippen LogP contribution is 2.22. The van der Waals surface area contributed by atoms with Gasteiger partial charge < -0.3 is 4.98 Å². The summed E-state index contributed by atoms with van der Waals surface area (Å²) in [7, 11) is 0. The number of thioether (sulfide) groups is 1. The Kier molecular flexibility index (Phi) is 4.45. The quantitative estimate of drug-likeness (QED) is 0.529. The molecule has 27 heavy (non-hydrogen) atoms. The molecule has 0 spiro atoms. The number of halogens is 1. The van der Waals surface area contributed by atoms with Gasteiger partial charge in [0.25, 0.3) is 5.56 Å². The van der Waals surface area contributed by atoms with Gasteiger partial charge in [-0.05, 0) is 43.3 Å². The van der Waals surface area contributed by atoms with Gasteiger partial charge in [0.1, 0.15) is 16.9 Å². The SMILES string of the molecule is Cc1ccc(SCc2cc(=O)c3c(=O)n(-c4ccc(F)cc4)[nH]c3[nH]2)cc1. The molecule has 0 aliphatic rings. The predicted molar refractivity (Wildman–Crippen MR) is 105 cm³/mol. The van der Waals surface area contributed by atoms with Crippen molar-refractivity contribution in [2.75, 3.05) is 0 Å². The standard InChI is InChI=1S/C20H16FN3O2S/c1-12-2-8-16(9-3-12)27-11-14-10-17(25)18-19(22-14)23-24(20(18)26)15-6-4-13(21)5-7-15/h2-10H,11H2,1H3,(H2,22,23,25). The van der Waals surface area contributed by atoms with Crippen molar-refractivity contribution in [3.63, 3.8) is 0 Å². The lowest BCUT2D eigenvalue weighted by atomic mass is 10.2. The number of aromatic nitrogens is 3. The van der Waals surface area contributed by atoms with Crippen molar-refractivity contribution in [3.8, 4) is 5.69 Å². The number of aromatic amines is 2. The largest absolute Gasteiger partial charge is 0.343 e. The summed E-state index contributed by atoms with van der Waals surface area (Å²) in [6.45, 7) is 2.03. The smallest absolute Gasteiger partial charge is 0.284 e. The second kappa shape index (κ2) is 6.92. The van der Waals surface area contributed by atoms with Crippen LogP contribution in [0.4, 0.5) is 4.39 Å². The van der Waals surface area contributed by atoms with Crippen molar-refractivity contribution in [1.29, 1.82) is 0 Å². The zero-order valence-corrected chi connectivity index (χ0v) is 15.3. The fourth-order valence-corrected chi connectivity index (χ4v) is 3.63. The van der Waals surface area contributed by atoms with Crippen LogP contribution in [0.25, 0.3) is 16.7 Å². The Hall–Kier alpha value is -3.06. The van der Waals surface area contributed by atoms with E-state index in [0.717, 1.165) is 4.90 Å². The zero-order chi connectivity index (χ0) is 19.0. The highest BCUT2D eigenvalue weighted by Gasteiger charge is 2.13. The monoisotopic (exact) mass is 381 g/mol. The van der Waals surface area contributed by atoms with E-state index in [0.29, 0.717) is 22.8 Å². The maximum Gasteiger partial charge on any atom is 0.284 e. The lowest BCUT2D eigenvalue weighted by Crippen LogP contribution is -2.18. The lowest BCUT2D eigenvalue weighted by Gasteiger charge is -2.03. The molecule has 0 saturated carbocycles. The Morgan fingerprint density at radius 2 is 1.74 bits per heavy atom. The molecule has 2 N–H and O–H groups in total. The summed E-state index contributed by atoms with van der Waals surface area (Å²) in [5.41, 5.74) is 1.91. The first-order valence-corrected chi connectivity index (χ1v) is 9.32. The minimum absolute atomic E-state index is 0.0587. The van der Waals surface area contributed by atoms with E-state index in [-0.39, 0.29) is 10.8 Å². The Labute approximate surface area is 157 Å². The van der Waals surface area contributed by atoms with Crippen LogP contribution in [0.2, 0.25) is 0 Å². The molecule has 7 heteroatoms. The van der Waals surface area contributed by atoms with Gasteiger partial charge in [-0.3, -0.25) is 14.7 Å². The number of hydrogen-bond donors (Lipinski definition) is 2. The van der Waals surface area contributed by atoms with E-state index in [2.05, 4.69) is 10.1 Å². The zero-order valence-electron chi connectivity index (χ0n) is 14.5. The lowest BCUT2D eigenvalue weighted by molar-refractivity contribution is 0.627. The van der Waals surface area contributed by atoms with Gasteiger partial charge in [0.15, 0.2) is 5.43 Å². The van der Waals surface area contributed by atoms with E-state index in [1.807, 2.05) is 31.2 Å². The Morgan fingerprint density at radius 3 is 2.44 bits per heavy atom. The van der Waals surface area contributed by atoms with Gasteiger partial charge in [-0.1, -0.05) is 17.7 Å². The van der Waals surface area contributed by atoms with Crippen LogP contribution < -0.4 is 11.0 Å². The van der Waals surface area contributed by atoms with Crippen molar-refractivity contribution < 1.29 is 4.39 Å². The van der Waals surface area contributed by atoms with E-state index < -0.39 is 11.4 Å². The van der Waals surface area contributed by atoms with Gasteiger partial charge >= 0.3 is 0 Å². The van der Waals surface area contributed by atoms with Crippen LogP contribution in [0.15, 0.2) is 69.1 Å². The van der Waals surface area contributed by atoms with Gasteiger partial charge in [0.05, 0.1) is 5.69 Å². The molecule has 0 amide bonds. The first-order chi connectivity index (χ1) is 13.0. The molecule has 5 nitrogen and oxygen atoms in total. The molecule has 2 aromatic carbocycles. The average Bonchev–Trinajstić information content (AvgIpc) is 2.99. The number of aryl methyl sites for hydroxylation is 1. The summed E-state index contributed by atoms with van der Waals surface area (Å²) >= 11 is 1.60. The van der Waals surface area contributed by atoms with Crippen molar-refractivity contribution in [3.05, 3.63) is 92.2 Å². The normalized spacial score (nSPS) is 11.2. The number of nitrogens with zero attached hydrogens (tertiary/aromatic N) is 1. The molecule has 0 saturated heterocycles. The molecule has 2 heterocycles. The first kappa shape index (κ1) is 17.4. The first-order valence-electron chi connectivity index (χ1n) is 8.33. The number of rotatable bonds is 4. The summed E-state index contributed by atoms with van der Waals surface area (Å²) < 4.78 is 14.4. The molecule has 0 bridgehead atoms. The molecule has 0 aliphatic carbocycles. The Bertz CT molecular complexity index is 1220. The van der Waals surface area contributed by atoms with Crippen LogP contribution in [0.3, 0.4) is 0 Å². The highest BCUT2D eigenvalue weighted by molar-refractivity contribution is 7.98. The summed E-state index contributed by atoms with van der Waals surface area (Å²) in [6, 6.07) is 15.1. The molecule has 136 valence electrons. The molecule has 0 fully saturated rings. The van der Waals surface area contributed by atoms with Gasteiger partial charge in [-0.2, -0.15) is 0 Å². The topological polar surface area (TPSA) is 70.7 Å². The Balaban J connectivity index is 1.69. The average molecular weight is 381 g/mol. The number of H-pyrrole nitrogens is 2. The fraction of sp³-hybridized carbons (Fsp3) is 0.100. The van der Waals surface area contributed by atoms with E-state index in [1.165, 1.54) is 40.6 Å². The van der Waals surface area contributed by atoms with Gasteiger partial charge in [0.2, 0.25) is 0 Å². The Morgan fingerprint density at radius 1 is 1.04 bits per heavy atom. The van der Waals surface area contributed by atoms with Gasteiger partial charge in [0, 0.05) is 22.4 Å². The molecular weight excluding hydrogens is 365 g/mol. The van der Waals surface area contributed by atoms with Crippen LogP contribution in [-0.4, -0.2) is 14.8 Å². The molecule has 4 aromatic rings. The summed E-state index contributed by atoms with van der Waals surface area (Å²) in [6.07, 6.45) is 0. The molecule has 0 aliphatic heterocycles. The molecule has 4 rings (SSSR count). The van der Waals surface area contributed by atoms with Crippen LogP contribution in [0, 0.1) is 12.7 Å². The maximum absolute atomic E-state index is 13.1. The van der Waals surface area contributed by atoms with Crippen molar-refractivity contribution >= 4 is 22.8 Å². The molecule has 0 atom stereocenters. The van der Waals surface area contributed by atoms with Crippen LogP contribution in [-0.2, 0) is 5.75 Å². The third-order valence-electron chi connectivity index (χ3n) is 4.23. The second-order valence-electron chi connectivity index (χ2n) is 6.24. The third-order valence-corrected chi connectivity index (χ3v) is 5.29. The van der Waals surface area contributed by atoms with Crippen LogP contribution in [0.1, 0.15) is 11.3 Å². The molecular formula is C20H16FN3O2S. The van der Waals surface area contributed by atoms with E-state index in [1.54, 1.807) is 11.8 Å². The second-order valence-corrected chi connectivity index (χ2v) is 7.29. The van der Waals surface area contributed by atoms with Gasteiger partial charge in [-0.15, -0.1) is 11.8 Å². The fourth-order valence-electron chi connectivity index (χ4n) is 2.83. The molecule has 0 radical (unpaired) electrons. The summed E-state index contributed by atoms with van der Waals surface area (Å²) in [4.78, 5) is 29.2. The predicted octanol–water partition coefficient (Wildman–Crippen LogP) is 3.75. The number of benzene rings is 2. The van der Waals surface area contributed by atoms with Crippen molar-refractivity contribution in [1.82, 2.24) is 14.8 Å². The number of fused-ring (bicyclic) bond motifs is 1. The third kappa shape index (κ3) is 3.46. The molecule has 0 unspecified atom stereocenters. The number of pyridine rings is 1. The van der Waals surface area contributed by atoms with Crippen molar-refractivity contribution in [2.24, 2.45) is 0 Å². The number of nitrogens with one attached hydrogen (secondary N) is 2. The van der Waals surface area contributed by atoms with E-state index >= 15 is 0 Å². The minimum Gasteiger partial charge on any atom is -0.343 e.